The first-order valence-corrected chi connectivity index (χ1v) is 10.1. The van der Waals surface area contributed by atoms with Crippen molar-refractivity contribution < 1.29 is 19.1 Å². The Morgan fingerprint density at radius 1 is 1.21 bits per heavy atom. The van der Waals surface area contributed by atoms with Gasteiger partial charge in [0.25, 0.3) is 0 Å². The maximum atomic E-state index is 12.6. The molecule has 0 aliphatic carbocycles. The molecule has 8 heteroatoms. The van der Waals surface area contributed by atoms with Gasteiger partial charge in [-0.25, -0.2) is 0 Å². The van der Waals surface area contributed by atoms with E-state index in [1.807, 2.05) is 9.80 Å². The average molecular weight is 424 g/mol. The lowest BCUT2D eigenvalue weighted by Crippen LogP contribution is -2.57. The van der Waals surface area contributed by atoms with Crippen molar-refractivity contribution in [1.29, 1.82) is 0 Å². The summed E-state index contributed by atoms with van der Waals surface area (Å²) in [5.41, 5.74) is 0.658. The van der Waals surface area contributed by atoms with Gasteiger partial charge in [0.05, 0.1) is 13.2 Å². The Balaban J connectivity index is 0.00000300. The van der Waals surface area contributed by atoms with Crippen LogP contribution in [0.25, 0.3) is 0 Å². The molecule has 0 aromatic heterocycles. The van der Waals surface area contributed by atoms with Crippen LogP contribution in [-0.4, -0.2) is 72.8 Å². The van der Waals surface area contributed by atoms with Gasteiger partial charge in [0, 0.05) is 44.2 Å². The number of Topliss-reactive ketones (excluding diaryl/α,β-unsaturated/α-hetero) is 1. The van der Waals surface area contributed by atoms with Crippen molar-refractivity contribution in [3.63, 3.8) is 0 Å². The average Bonchev–Trinajstić information content (AvgIpc) is 2.72. The maximum absolute atomic E-state index is 12.6. The van der Waals surface area contributed by atoms with Gasteiger partial charge in [-0.1, -0.05) is 0 Å². The van der Waals surface area contributed by atoms with E-state index in [1.165, 1.54) is 6.92 Å². The number of carbonyl (C=O) groups is 3. The van der Waals surface area contributed by atoms with Crippen LogP contribution in [0.5, 0.6) is 5.75 Å². The second-order valence-electron chi connectivity index (χ2n) is 7.43. The second kappa shape index (κ2) is 11.2. The van der Waals surface area contributed by atoms with Crippen molar-refractivity contribution in [3.8, 4) is 5.75 Å². The van der Waals surface area contributed by atoms with Gasteiger partial charge in [0.2, 0.25) is 11.8 Å². The van der Waals surface area contributed by atoms with Gasteiger partial charge < -0.3 is 19.9 Å². The van der Waals surface area contributed by atoms with Crippen LogP contribution in [0.15, 0.2) is 24.3 Å². The summed E-state index contributed by atoms with van der Waals surface area (Å²) in [4.78, 5) is 39.8. The molecule has 29 heavy (non-hydrogen) atoms. The fourth-order valence-electron chi connectivity index (χ4n) is 3.80. The van der Waals surface area contributed by atoms with E-state index in [1.54, 1.807) is 24.3 Å². The lowest BCUT2D eigenvalue weighted by molar-refractivity contribution is -0.140. The molecule has 1 unspecified atom stereocenters. The fourth-order valence-corrected chi connectivity index (χ4v) is 3.80. The van der Waals surface area contributed by atoms with Gasteiger partial charge in [0.1, 0.15) is 5.75 Å². The van der Waals surface area contributed by atoms with Crippen LogP contribution < -0.4 is 10.1 Å². The molecule has 2 aliphatic rings. The van der Waals surface area contributed by atoms with Crippen LogP contribution in [0, 0.1) is 0 Å². The number of ether oxygens (including phenoxy) is 1. The number of amides is 2. The standard InChI is InChI=1S/C21H29N3O4.ClH/c1-16(25)17-6-8-19(9-7-17)28-13-3-5-20(26)23-11-2-4-18(15-23)24-12-10-22-14-21(24)27;/h6-9,18,22H,2-5,10-15H2,1H3;1H. The smallest absolute Gasteiger partial charge is 0.236 e. The predicted octanol–water partition coefficient (Wildman–Crippen LogP) is 1.89. The van der Waals surface area contributed by atoms with E-state index < -0.39 is 0 Å². The number of hydrogen-bond donors (Lipinski definition) is 1. The van der Waals surface area contributed by atoms with E-state index in [0.717, 1.165) is 32.5 Å². The molecule has 2 fully saturated rings. The lowest BCUT2D eigenvalue weighted by atomic mass is 10.0. The molecule has 0 saturated carbocycles. The molecule has 0 bridgehead atoms. The number of piperidine rings is 1. The molecule has 7 nitrogen and oxygen atoms in total. The molecule has 1 aromatic carbocycles. The Morgan fingerprint density at radius 2 is 1.97 bits per heavy atom. The summed E-state index contributed by atoms with van der Waals surface area (Å²) < 4.78 is 5.67. The first-order valence-electron chi connectivity index (χ1n) is 10.1. The predicted molar refractivity (Wildman–Crippen MR) is 113 cm³/mol. The second-order valence-corrected chi connectivity index (χ2v) is 7.43. The normalized spacial score (nSPS) is 19.5. The van der Waals surface area contributed by atoms with Gasteiger partial charge in [-0.2, -0.15) is 0 Å². The molecule has 1 atom stereocenters. The highest BCUT2D eigenvalue weighted by Gasteiger charge is 2.31. The fraction of sp³-hybridized carbons (Fsp3) is 0.571. The Bertz CT molecular complexity index is 710. The molecule has 1 N–H and O–H groups in total. The van der Waals surface area contributed by atoms with E-state index >= 15 is 0 Å². The summed E-state index contributed by atoms with van der Waals surface area (Å²) >= 11 is 0. The van der Waals surface area contributed by atoms with E-state index in [2.05, 4.69) is 5.32 Å². The first-order chi connectivity index (χ1) is 13.5. The number of piperazine rings is 1. The van der Waals surface area contributed by atoms with Crippen molar-refractivity contribution in [1.82, 2.24) is 15.1 Å². The summed E-state index contributed by atoms with van der Waals surface area (Å²) in [7, 11) is 0. The lowest BCUT2D eigenvalue weighted by Gasteiger charge is -2.41. The number of nitrogens with zero attached hydrogens (tertiary/aromatic N) is 2. The molecule has 160 valence electrons. The SMILES string of the molecule is CC(=O)c1ccc(OCCCC(=O)N2CCCC(N3CCNCC3=O)C2)cc1.Cl. The van der Waals surface area contributed by atoms with Gasteiger partial charge in [0.15, 0.2) is 5.78 Å². The van der Waals surface area contributed by atoms with Crippen LogP contribution in [0.3, 0.4) is 0 Å². The van der Waals surface area contributed by atoms with Crippen molar-refractivity contribution >= 4 is 30.0 Å². The maximum Gasteiger partial charge on any atom is 0.236 e. The highest BCUT2D eigenvalue weighted by Crippen LogP contribution is 2.18. The molecule has 2 amide bonds. The third kappa shape index (κ3) is 6.44. The number of halogens is 1. The van der Waals surface area contributed by atoms with Crippen molar-refractivity contribution in [2.75, 3.05) is 39.3 Å². The molecular weight excluding hydrogens is 394 g/mol. The van der Waals surface area contributed by atoms with Gasteiger partial charge in [-0.3, -0.25) is 14.4 Å². The molecule has 2 heterocycles. The molecule has 0 radical (unpaired) electrons. The van der Waals surface area contributed by atoms with Gasteiger partial charge >= 0.3 is 0 Å². The number of rotatable bonds is 7. The number of carbonyl (C=O) groups excluding carboxylic acids is 3. The minimum Gasteiger partial charge on any atom is -0.494 e. The van der Waals surface area contributed by atoms with Crippen molar-refractivity contribution in [2.45, 2.75) is 38.6 Å². The topological polar surface area (TPSA) is 79.0 Å². The molecule has 2 saturated heterocycles. The Labute approximate surface area is 178 Å². The van der Waals surface area contributed by atoms with Crippen LogP contribution in [0.1, 0.15) is 43.0 Å². The Morgan fingerprint density at radius 3 is 2.66 bits per heavy atom. The Hall–Kier alpha value is -2.12. The van der Waals surface area contributed by atoms with Crippen LogP contribution in [-0.2, 0) is 9.59 Å². The monoisotopic (exact) mass is 423 g/mol. The number of hydrogen-bond acceptors (Lipinski definition) is 5. The van der Waals surface area contributed by atoms with Crippen LogP contribution in [0.4, 0.5) is 0 Å². The minimum atomic E-state index is 0. The first kappa shape index (κ1) is 23.2. The summed E-state index contributed by atoms with van der Waals surface area (Å²) in [6.07, 6.45) is 2.98. The molecule has 3 rings (SSSR count). The minimum absolute atomic E-state index is 0. The summed E-state index contributed by atoms with van der Waals surface area (Å²) in [6.45, 7) is 5.34. The van der Waals surface area contributed by atoms with Crippen LogP contribution in [0.2, 0.25) is 0 Å². The highest BCUT2D eigenvalue weighted by molar-refractivity contribution is 5.94. The van der Waals surface area contributed by atoms with E-state index in [0.29, 0.717) is 43.9 Å². The van der Waals surface area contributed by atoms with E-state index in [9.17, 15) is 14.4 Å². The summed E-state index contributed by atoms with van der Waals surface area (Å²) in [6, 6.07) is 7.18. The number of ketones is 1. The third-order valence-electron chi connectivity index (χ3n) is 5.38. The van der Waals surface area contributed by atoms with Crippen LogP contribution >= 0.6 is 12.4 Å². The zero-order valence-electron chi connectivity index (χ0n) is 16.9. The van der Waals surface area contributed by atoms with E-state index in [-0.39, 0.29) is 36.0 Å². The molecule has 1 aromatic rings. The van der Waals surface area contributed by atoms with E-state index in [4.69, 9.17) is 4.74 Å². The zero-order chi connectivity index (χ0) is 19.9. The quantitative estimate of drug-likeness (QED) is 0.535. The molecule has 2 aliphatic heterocycles. The van der Waals surface area contributed by atoms with Gasteiger partial charge in [-0.15, -0.1) is 12.4 Å². The zero-order valence-corrected chi connectivity index (χ0v) is 17.7. The highest BCUT2D eigenvalue weighted by atomic mass is 35.5. The number of benzene rings is 1. The number of likely N-dealkylation sites (tertiary alicyclic amines) is 1. The van der Waals surface area contributed by atoms with Gasteiger partial charge in [-0.05, 0) is 50.5 Å². The Kier molecular flexibility index (Phi) is 8.92. The molecular formula is C21H30ClN3O4. The largest absolute Gasteiger partial charge is 0.494 e. The third-order valence-corrected chi connectivity index (χ3v) is 5.38. The summed E-state index contributed by atoms with van der Waals surface area (Å²) in [5, 5.41) is 3.09. The van der Waals surface area contributed by atoms with Crippen molar-refractivity contribution in [3.05, 3.63) is 29.8 Å². The number of nitrogens with one attached hydrogen (secondary N) is 1. The summed E-state index contributed by atoms with van der Waals surface area (Å²) in [5.74, 6) is 0.991. The molecule has 0 spiro atoms. The van der Waals surface area contributed by atoms with Crippen molar-refractivity contribution in [2.24, 2.45) is 0 Å².